The molecule has 1 fully saturated rings. The van der Waals surface area contributed by atoms with E-state index in [0.717, 1.165) is 39.4 Å². The molecule has 3 rings (SSSR count). The molecule has 152 valence electrons. The van der Waals surface area contributed by atoms with Crippen LogP contribution in [0, 0.1) is 0 Å². The summed E-state index contributed by atoms with van der Waals surface area (Å²) < 4.78 is 9.22. The van der Waals surface area contributed by atoms with Crippen LogP contribution in [0.15, 0.2) is 24.8 Å². The zero-order valence-corrected chi connectivity index (χ0v) is 18.2. The second kappa shape index (κ2) is 9.02. The van der Waals surface area contributed by atoms with Gasteiger partial charge in [0.15, 0.2) is 0 Å². The second-order valence-corrected chi connectivity index (χ2v) is 9.35. The Balaban J connectivity index is 0.000000223. The maximum Gasteiger partial charge on any atom is 0.0594 e. The predicted octanol–water partition coefficient (Wildman–Crippen LogP) is 3.23. The lowest BCUT2D eigenvalue weighted by molar-refractivity contribution is 0.0359. The number of aryl methyl sites for hydroxylation is 1. The molecule has 1 saturated heterocycles. The van der Waals surface area contributed by atoms with Crippen LogP contribution < -0.4 is 0 Å². The highest BCUT2D eigenvalue weighted by molar-refractivity contribution is 5.15. The molecule has 0 spiro atoms. The molecular formula is C21H37N5O. The Hall–Kier alpha value is -1.66. The molecule has 0 aromatic carbocycles. The minimum Gasteiger partial charge on any atom is -0.379 e. The van der Waals surface area contributed by atoms with Gasteiger partial charge in [-0.1, -0.05) is 41.5 Å². The minimum atomic E-state index is 0.192. The number of morpholine rings is 1. The zero-order valence-electron chi connectivity index (χ0n) is 18.2. The van der Waals surface area contributed by atoms with Crippen LogP contribution in [-0.2, 0) is 29.2 Å². The Morgan fingerprint density at radius 3 is 1.85 bits per heavy atom. The topological polar surface area (TPSA) is 48.1 Å². The lowest BCUT2D eigenvalue weighted by atomic mass is 9.90. The molecule has 0 radical (unpaired) electrons. The second-order valence-electron chi connectivity index (χ2n) is 9.35. The summed E-state index contributed by atoms with van der Waals surface area (Å²) in [6, 6.07) is 0. The highest BCUT2D eigenvalue weighted by Crippen LogP contribution is 2.21. The van der Waals surface area contributed by atoms with Gasteiger partial charge in [-0.2, -0.15) is 10.2 Å². The summed E-state index contributed by atoms with van der Waals surface area (Å²) in [6.45, 7) is 19.1. The quantitative estimate of drug-likeness (QED) is 0.826. The molecule has 1 aliphatic rings. The van der Waals surface area contributed by atoms with Crippen LogP contribution in [0.5, 0.6) is 0 Å². The summed E-state index contributed by atoms with van der Waals surface area (Å²) in [4.78, 5) is 2.43. The van der Waals surface area contributed by atoms with Crippen molar-refractivity contribution in [3.05, 3.63) is 35.9 Å². The highest BCUT2D eigenvalue weighted by atomic mass is 16.5. The van der Waals surface area contributed by atoms with Crippen molar-refractivity contribution in [3.8, 4) is 0 Å². The van der Waals surface area contributed by atoms with Gasteiger partial charge in [0.05, 0.1) is 32.2 Å². The van der Waals surface area contributed by atoms with Crippen molar-refractivity contribution in [2.24, 2.45) is 7.05 Å². The van der Waals surface area contributed by atoms with Crippen LogP contribution in [-0.4, -0.2) is 57.3 Å². The van der Waals surface area contributed by atoms with Crippen LogP contribution in [0.25, 0.3) is 0 Å². The lowest BCUT2D eigenvalue weighted by Crippen LogP contribution is -2.38. The van der Waals surface area contributed by atoms with E-state index >= 15 is 0 Å². The lowest BCUT2D eigenvalue weighted by Gasteiger charge is -2.26. The van der Waals surface area contributed by atoms with E-state index in [-0.39, 0.29) is 10.8 Å². The fourth-order valence-corrected chi connectivity index (χ4v) is 2.75. The first-order valence-corrected chi connectivity index (χ1v) is 9.88. The standard InChI is InChI=1S/C13H23N3O.C8H14N2/c1-13(2,3)12-10-14-16(11-12)5-4-15-6-8-17-9-7-15;1-8(2,3)7-5-9-10(4)6-7/h10-11H,4-9H2,1-3H3;5-6H,1-4H3. The van der Waals surface area contributed by atoms with E-state index in [0.29, 0.717) is 0 Å². The van der Waals surface area contributed by atoms with Crippen molar-refractivity contribution in [1.29, 1.82) is 0 Å². The first kappa shape index (κ1) is 21.6. The molecule has 0 bridgehead atoms. The number of hydrogen-bond donors (Lipinski definition) is 0. The van der Waals surface area contributed by atoms with Gasteiger partial charge in [-0.05, 0) is 22.0 Å². The zero-order chi connectivity index (χ0) is 20.1. The molecule has 0 atom stereocenters. The molecule has 6 heteroatoms. The molecular weight excluding hydrogens is 338 g/mol. The van der Waals surface area contributed by atoms with Crippen molar-refractivity contribution < 1.29 is 4.74 Å². The normalized spacial score (nSPS) is 16.1. The van der Waals surface area contributed by atoms with Gasteiger partial charge in [-0.3, -0.25) is 14.3 Å². The van der Waals surface area contributed by atoms with Gasteiger partial charge in [-0.15, -0.1) is 0 Å². The number of nitrogens with zero attached hydrogens (tertiary/aromatic N) is 5. The molecule has 0 aliphatic carbocycles. The molecule has 2 aromatic heterocycles. The van der Waals surface area contributed by atoms with Crippen molar-refractivity contribution >= 4 is 0 Å². The Morgan fingerprint density at radius 2 is 1.41 bits per heavy atom. The Morgan fingerprint density at radius 1 is 0.852 bits per heavy atom. The molecule has 6 nitrogen and oxygen atoms in total. The molecule has 0 saturated carbocycles. The van der Waals surface area contributed by atoms with Crippen molar-refractivity contribution in [2.75, 3.05) is 32.8 Å². The maximum absolute atomic E-state index is 5.34. The highest BCUT2D eigenvalue weighted by Gasteiger charge is 2.16. The van der Waals surface area contributed by atoms with Gasteiger partial charge in [0, 0.05) is 39.1 Å². The van der Waals surface area contributed by atoms with Gasteiger partial charge in [0.25, 0.3) is 0 Å². The van der Waals surface area contributed by atoms with E-state index in [1.54, 1.807) is 0 Å². The van der Waals surface area contributed by atoms with Crippen LogP contribution in [0.2, 0.25) is 0 Å². The van der Waals surface area contributed by atoms with E-state index in [4.69, 9.17) is 4.74 Å². The molecule has 3 heterocycles. The van der Waals surface area contributed by atoms with Gasteiger partial charge < -0.3 is 4.74 Å². The third-order valence-electron chi connectivity index (χ3n) is 4.82. The molecule has 0 unspecified atom stereocenters. The SMILES string of the molecule is CC(C)(C)c1cnn(CCN2CCOCC2)c1.Cn1cc(C(C)(C)C)cn1. The number of ether oxygens (including phenoxy) is 1. The van der Waals surface area contributed by atoms with Crippen LogP contribution >= 0.6 is 0 Å². The third kappa shape index (κ3) is 7.11. The summed E-state index contributed by atoms with van der Waals surface area (Å²) in [7, 11) is 1.94. The van der Waals surface area contributed by atoms with E-state index in [1.165, 1.54) is 11.1 Å². The monoisotopic (exact) mass is 375 g/mol. The molecule has 0 amide bonds. The summed E-state index contributed by atoms with van der Waals surface area (Å²) >= 11 is 0. The maximum atomic E-state index is 5.34. The summed E-state index contributed by atoms with van der Waals surface area (Å²) in [6.07, 6.45) is 8.12. The summed E-state index contributed by atoms with van der Waals surface area (Å²) in [5.74, 6) is 0. The molecule has 2 aromatic rings. The first-order chi connectivity index (χ1) is 12.6. The average Bonchev–Trinajstić information content (AvgIpc) is 3.23. The van der Waals surface area contributed by atoms with Gasteiger partial charge >= 0.3 is 0 Å². The third-order valence-corrected chi connectivity index (χ3v) is 4.82. The Kier molecular flexibility index (Phi) is 7.23. The van der Waals surface area contributed by atoms with E-state index in [1.807, 2.05) is 24.1 Å². The van der Waals surface area contributed by atoms with Crippen LogP contribution in [0.3, 0.4) is 0 Å². The van der Waals surface area contributed by atoms with E-state index in [9.17, 15) is 0 Å². The first-order valence-electron chi connectivity index (χ1n) is 9.88. The number of hydrogen-bond acceptors (Lipinski definition) is 4. The minimum absolute atomic E-state index is 0.192. The van der Waals surface area contributed by atoms with Gasteiger partial charge in [-0.25, -0.2) is 0 Å². The average molecular weight is 376 g/mol. The number of rotatable bonds is 3. The van der Waals surface area contributed by atoms with Crippen LogP contribution in [0.1, 0.15) is 52.7 Å². The van der Waals surface area contributed by atoms with E-state index < -0.39 is 0 Å². The summed E-state index contributed by atoms with van der Waals surface area (Å²) in [5, 5.41) is 8.53. The fourth-order valence-electron chi connectivity index (χ4n) is 2.75. The molecule has 27 heavy (non-hydrogen) atoms. The largest absolute Gasteiger partial charge is 0.379 e. The predicted molar refractivity (Wildman–Crippen MR) is 110 cm³/mol. The smallest absolute Gasteiger partial charge is 0.0594 e. The number of aromatic nitrogens is 4. The van der Waals surface area contributed by atoms with Gasteiger partial charge in [0.2, 0.25) is 0 Å². The Labute approximate surface area is 164 Å². The summed E-state index contributed by atoms with van der Waals surface area (Å²) in [5.41, 5.74) is 3.01. The van der Waals surface area contributed by atoms with Crippen molar-refractivity contribution in [1.82, 2.24) is 24.5 Å². The fraction of sp³-hybridized carbons (Fsp3) is 0.714. The van der Waals surface area contributed by atoms with Crippen molar-refractivity contribution in [2.45, 2.75) is 58.9 Å². The van der Waals surface area contributed by atoms with E-state index in [2.05, 4.69) is 73.7 Å². The van der Waals surface area contributed by atoms with Crippen LogP contribution in [0.4, 0.5) is 0 Å². The Bertz CT molecular complexity index is 684. The molecule has 1 aliphatic heterocycles. The molecule has 0 N–H and O–H groups in total. The van der Waals surface area contributed by atoms with Gasteiger partial charge in [0.1, 0.15) is 0 Å². The van der Waals surface area contributed by atoms with Crippen molar-refractivity contribution in [3.63, 3.8) is 0 Å².